The fourth-order valence-corrected chi connectivity index (χ4v) is 2.85. The van der Waals surface area contributed by atoms with E-state index in [1.807, 2.05) is 23.1 Å². The van der Waals surface area contributed by atoms with Crippen molar-refractivity contribution < 1.29 is 4.79 Å². The van der Waals surface area contributed by atoms with Crippen LogP contribution in [-0.4, -0.2) is 39.9 Å². The minimum absolute atomic E-state index is 0.122. The summed E-state index contributed by atoms with van der Waals surface area (Å²) in [5, 5.41) is 3.57. The van der Waals surface area contributed by atoms with Crippen LogP contribution in [0.3, 0.4) is 0 Å². The van der Waals surface area contributed by atoms with Crippen LogP contribution in [0.25, 0.3) is 0 Å². The molecule has 0 radical (unpaired) electrons. The van der Waals surface area contributed by atoms with Crippen LogP contribution >= 0.6 is 11.6 Å². The zero-order chi connectivity index (χ0) is 16.1. The molecule has 2 heterocycles. The van der Waals surface area contributed by atoms with E-state index in [9.17, 15) is 4.79 Å². The van der Waals surface area contributed by atoms with Crippen molar-refractivity contribution in [3.05, 3.63) is 53.3 Å². The zero-order valence-electron chi connectivity index (χ0n) is 12.8. The molecule has 1 aliphatic rings. The molecule has 6 heteroatoms. The largest absolute Gasteiger partial charge is 0.342 e. The van der Waals surface area contributed by atoms with E-state index in [1.54, 1.807) is 0 Å². The number of halogens is 1. The SMILES string of the molecule is O=C1C(Nc2ncc(Cl)cn2)CCN1CCCc1ccccc1. The Balaban J connectivity index is 1.47. The number of nitrogens with one attached hydrogen (secondary N) is 1. The number of carbonyl (C=O) groups is 1. The number of benzene rings is 1. The molecule has 1 amide bonds. The Labute approximate surface area is 140 Å². The fraction of sp³-hybridized carbons (Fsp3) is 0.353. The summed E-state index contributed by atoms with van der Waals surface area (Å²) < 4.78 is 0. The maximum absolute atomic E-state index is 12.4. The van der Waals surface area contributed by atoms with Gasteiger partial charge in [-0.25, -0.2) is 9.97 Å². The van der Waals surface area contributed by atoms with Crippen molar-refractivity contribution in [2.24, 2.45) is 0 Å². The second kappa shape index (κ2) is 7.42. The Bertz CT molecular complexity index is 647. The Morgan fingerprint density at radius 3 is 2.70 bits per heavy atom. The highest BCUT2D eigenvalue weighted by atomic mass is 35.5. The first-order chi connectivity index (χ1) is 11.2. The van der Waals surface area contributed by atoms with Crippen LogP contribution in [0.5, 0.6) is 0 Å². The Hall–Kier alpha value is -2.14. The van der Waals surface area contributed by atoms with Crippen molar-refractivity contribution in [1.29, 1.82) is 0 Å². The number of likely N-dealkylation sites (tertiary alicyclic amines) is 1. The first-order valence-electron chi connectivity index (χ1n) is 7.79. The average molecular weight is 331 g/mol. The summed E-state index contributed by atoms with van der Waals surface area (Å²) in [6.45, 7) is 1.56. The smallest absolute Gasteiger partial charge is 0.245 e. The van der Waals surface area contributed by atoms with Gasteiger partial charge in [0.2, 0.25) is 11.9 Å². The maximum Gasteiger partial charge on any atom is 0.245 e. The number of aryl methyl sites for hydroxylation is 1. The van der Waals surface area contributed by atoms with Gasteiger partial charge >= 0.3 is 0 Å². The van der Waals surface area contributed by atoms with Crippen LogP contribution in [0.2, 0.25) is 5.02 Å². The second-order valence-electron chi connectivity index (χ2n) is 5.62. The van der Waals surface area contributed by atoms with Crippen molar-refractivity contribution in [2.75, 3.05) is 18.4 Å². The molecular weight excluding hydrogens is 312 g/mol. The lowest BCUT2D eigenvalue weighted by Gasteiger charge is -2.17. The lowest BCUT2D eigenvalue weighted by Crippen LogP contribution is -2.34. The molecule has 1 N–H and O–H groups in total. The number of nitrogens with zero attached hydrogens (tertiary/aromatic N) is 3. The van der Waals surface area contributed by atoms with Crippen molar-refractivity contribution in [3.8, 4) is 0 Å². The van der Waals surface area contributed by atoms with Crippen molar-refractivity contribution >= 4 is 23.5 Å². The highest BCUT2D eigenvalue weighted by Crippen LogP contribution is 2.16. The highest BCUT2D eigenvalue weighted by Gasteiger charge is 2.31. The molecule has 23 heavy (non-hydrogen) atoms. The lowest BCUT2D eigenvalue weighted by atomic mass is 10.1. The number of amides is 1. The summed E-state index contributed by atoms with van der Waals surface area (Å²) >= 11 is 5.76. The summed E-state index contributed by atoms with van der Waals surface area (Å²) in [4.78, 5) is 22.5. The third-order valence-corrected chi connectivity index (χ3v) is 4.15. The molecule has 5 nitrogen and oxygen atoms in total. The Morgan fingerprint density at radius 2 is 1.96 bits per heavy atom. The van der Waals surface area contributed by atoms with Gasteiger partial charge in [-0.1, -0.05) is 41.9 Å². The van der Waals surface area contributed by atoms with Gasteiger partial charge in [-0.2, -0.15) is 0 Å². The molecule has 0 saturated carbocycles. The molecule has 1 saturated heterocycles. The molecule has 2 aromatic rings. The quantitative estimate of drug-likeness (QED) is 0.884. The topological polar surface area (TPSA) is 58.1 Å². The van der Waals surface area contributed by atoms with Gasteiger partial charge in [0.1, 0.15) is 6.04 Å². The molecule has 1 unspecified atom stereocenters. The Morgan fingerprint density at radius 1 is 1.22 bits per heavy atom. The third-order valence-electron chi connectivity index (χ3n) is 3.96. The molecular formula is C17H19ClN4O. The molecule has 120 valence electrons. The minimum Gasteiger partial charge on any atom is -0.342 e. The predicted octanol–water partition coefficient (Wildman–Crippen LogP) is 2.78. The molecule has 0 spiro atoms. The highest BCUT2D eigenvalue weighted by molar-refractivity contribution is 6.30. The van der Waals surface area contributed by atoms with E-state index in [0.717, 1.165) is 32.4 Å². The van der Waals surface area contributed by atoms with E-state index in [2.05, 4.69) is 27.4 Å². The van der Waals surface area contributed by atoms with E-state index < -0.39 is 0 Å². The van der Waals surface area contributed by atoms with E-state index in [4.69, 9.17) is 11.6 Å². The predicted molar refractivity (Wildman–Crippen MR) is 90.4 cm³/mol. The van der Waals surface area contributed by atoms with Crippen LogP contribution in [0.1, 0.15) is 18.4 Å². The van der Waals surface area contributed by atoms with Crippen molar-refractivity contribution in [3.63, 3.8) is 0 Å². The summed E-state index contributed by atoms with van der Waals surface area (Å²) in [7, 11) is 0. The molecule has 1 aliphatic heterocycles. The lowest BCUT2D eigenvalue weighted by molar-refractivity contribution is -0.128. The van der Waals surface area contributed by atoms with E-state index >= 15 is 0 Å². The monoisotopic (exact) mass is 330 g/mol. The van der Waals surface area contributed by atoms with Gasteiger partial charge in [0.05, 0.1) is 17.4 Å². The van der Waals surface area contributed by atoms with Gasteiger partial charge in [-0.05, 0) is 24.8 Å². The van der Waals surface area contributed by atoms with Crippen LogP contribution in [-0.2, 0) is 11.2 Å². The van der Waals surface area contributed by atoms with Crippen molar-refractivity contribution in [1.82, 2.24) is 14.9 Å². The molecule has 0 bridgehead atoms. The Kier molecular flexibility index (Phi) is 5.08. The summed E-state index contributed by atoms with van der Waals surface area (Å²) in [6.07, 6.45) is 5.78. The average Bonchev–Trinajstić information content (AvgIpc) is 2.91. The molecule has 3 rings (SSSR count). The van der Waals surface area contributed by atoms with Crippen LogP contribution in [0.4, 0.5) is 5.95 Å². The maximum atomic E-state index is 12.4. The number of carbonyl (C=O) groups excluding carboxylic acids is 1. The standard InChI is InChI=1S/C17H19ClN4O/c18-14-11-19-17(20-12-14)21-15-8-10-22(16(15)23)9-4-7-13-5-2-1-3-6-13/h1-3,5-6,11-12,15H,4,7-10H2,(H,19,20,21). The number of hydrogen-bond acceptors (Lipinski definition) is 4. The second-order valence-corrected chi connectivity index (χ2v) is 6.06. The van der Waals surface area contributed by atoms with E-state index in [-0.39, 0.29) is 11.9 Å². The third kappa shape index (κ3) is 4.20. The van der Waals surface area contributed by atoms with Crippen molar-refractivity contribution in [2.45, 2.75) is 25.3 Å². The van der Waals surface area contributed by atoms with Gasteiger partial charge in [-0.3, -0.25) is 4.79 Å². The van der Waals surface area contributed by atoms with Crippen LogP contribution in [0.15, 0.2) is 42.7 Å². The van der Waals surface area contributed by atoms with Gasteiger partial charge in [0, 0.05) is 13.1 Å². The van der Waals surface area contributed by atoms with Gasteiger partial charge in [0.25, 0.3) is 0 Å². The van der Waals surface area contributed by atoms with Crippen LogP contribution in [0, 0.1) is 0 Å². The molecule has 0 aliphatic carbocycles. The summed E-state index contributed by atoms with van der Waals surface area (Å²) in [6, 6.07) is 10.1. The van der Waals surface area contributed by atoms with E-state index in [1.165, 1.54) is 18.0 Å². The molecule has 1 fully saturated rings. The molecule has 1 atom stereocenters. The van der Waals surface area contributed by atoms with Gasteiger partial charge < -0.3 is 10.2 Å². The number of rotatable bonds is 6. The fourth-order valence-electron chi connectivity index (χ4n) is 2.76. The first-order valence-corrected chi connectivity index (χ1v) is 8.17. The first kappa shape index (κ1) is 15.7. The van der Waals surface area contributed by atoms with E-state index in [0.29, 0.717) is 11.0 Å². The van der Waals surface area contributed by atoms with Gasteiger partial charge in [0.15, 0.2) is 0 Å². The zero-order valence-corrected chi connectivity index (χ0v) is 13.5. The summed E-state index contributed by atoms with van der Waals surface area (Å²) in [5.74, 6) is 0.565. The number of anilines is 1. The molecule has 1 aromatic carbocycles. The van der Waals surface area contributed by atoms with Crippen LogP contribution < -0.4 is 5.32 Å². The normalized spacial score (nSPS) is 17.5. The number of aromatic nitrogens is 2. The number of hydrogen-bond donors (Lipinski definition) is 1. The minimum atomic E-state index is -0.243. The van der Waals surface area contributed by atoms with Gasteiger partial charge in [-0.15, -0.1) is 0 Å². The molecule has 1 aromatic heterocycles. The summed E-state index contributed by atoms with van der Waals surface area (Å²) in [5.41, 5.74) is 1.31.